The summed E-state index contributed by atoms with van der Waals surface area (Å²) in [5.74, 6) is 1.75. The van der Waals surface area contributed by atoms with Crippen LogP contribution in [0.15, 0.2) is 45.6 Å². The highest BCUT2D eigenvalue weighted by molar-refractivity contribution is 7.08. The molecule has 28 heavy (non-hydrogen) atoms. The van der Waals surface area contributed by atoms with E-state index >= 15 is 0 Å². The minimum atomic E-state index is -0.0956. The lowest BCUT2D eigenvalue weighted by atomic mass is 10.1. The molecule has 0 aliphatic carbocycles. The van der Waals surface area contributed by atoms with Gasteiger partial charge in [0, 0.05) is 10.9 Å². The smallest absolute Gasteiger partial charge is 0.280 e. The zero-order valence-corrected chi connectivity index (χ0v) is 15.9. The fraction of sp³-hybridized carbons (Fsp3) is 0.263. The van der Waals surface area contributed by atoms with Crippen LogP contribution in [-0.4, -0.2) is 31.7 Å². The minimum Gasteiger partial charge on any atom is -0.494 e. The van der Waals surface area contributed by atoms with Crippen molar-refractivity contribution < 1.29 is 14.0 Å². The number of rotatable bonds is 5. The quantitative estimate of drug-likeness (QED) is 0.509. The van der Waals surface area contributed by atoms with Crippen LogP contribution < -0.4 is 4.74 Å². The average Bonchev–Trinajstić information content (AvgIpc) is 3.47. The van der Waals surface area contributed by atoms with E-state index in [0.29, 0.717) is 37.2 Å². The number of thiophene rings is 1. The molecule has 0 N–H and O–H groups in total. The van der Waals surface area contributed by atoms with Gasteiger partial charge in [0.25, 0.3) is 5.89 Å². The second-order valence-electron chi connectivity index (χ2n) is 6.30. The molecule has 0 amide bonds. The van der Waals surface area contributed by atoms with Crippen LogP contribution >= 0.6 is 11.3 Å². The fourth-order valence-electron chi connectivity index (χ4n) is 3.15. The molecule has 9 heteroatoms. The summed E-state index contributed by atoms with van der Waals surface area (Å²) in [6.45, 7) is 3.56. The maximum Gasteiger partial charge on any atom is 0.280 e. The van der Waals surface area contributed by atoms with Crippen molar-refractivity contribution >= 4 is 11.3 Å². The van der Waals surface area contributed by atoms with Crippen molar-refractivity contribution in [3.05, 3.63) is 52.3 Å². The molecule has 1 aliphatic rings. The van der Waals surface area contributed by atoms with Crippen LogP contribution in [0.25, 0.3) is 23.0 Å². The molecular weight excluding hydrogens is 378 g/mol. The highest BCUT2D eigenvalue weighted by Crippen LogP contribution is 2.31. The molecule has 142 valence electrons. The number of ether oxygens (including phenoxy) is 2. The molecule has 1 unspecified atom stereocenters. The Labute approximate surface area is 164 Å². The number of hydrogen-bond donors (Lipinski definition) is 0. The zero-order chi connectivity index (χ0) is 18.9. The molecule has 3 aromatic heterocycles. The van der Waals surface area contributed by atoms with E-state index in [9.17, 15) is 0 Å². The van der Waals surface area contributed by atoms with Gasteiger partial charge >= 0.3 is 0 Å². The van der Waals surface area contributed by atoms with Crippen molar-refractivity contribution in [3.8, 4) is 28.7 Å². The standard InChI is InChI=1S/C19H17N5O3S/c1-2-25-14-5-3-12(4-6-14)16-9-24-15(10-26-16)17(21-23-24)19-20-18(22-27-19)13-7-8-28-11-13/h3-8,11,16H,2,9-10H2,1H3. The predicted octanol–water partition coefficient (Wildman–Crippen LogP) is 3.73. The van der Waals surface area contributed by atoms with E-state index in [2.05, 4.69) is 20.5 Å². The van der Waals surface area contributed by atoms with Crippen LogP contribution in [0.4, 0.5) is 0 Å². The molecule has 1 aromatic carbocycles. The van der Waals surface area contributed by atoms with E-state index < -0.39 is 0 Å². The monoisotopic (exact) mass is 395 g/mol. The third kappa shape index (κ3) is 3.08. The molecule has 0 fully saturated rings. The molecule has 4 heterocycles. The third-order valence-electron chi connectivity index (χ3n) is 4.57. The Balaban J connectivity index is 1.37. The summed E-state index contributed by atoms with van der Waals surface area (Å²) in [6, 6.07) is 9.89. The first-order chi connectivity index (χ1) is 13.8. The minimum absolute atomic E-state index is 0.0956. The molecule has 0 spiro atoms. The second-order valence-corrected chi connectivity index (χ2v) is 7.08. The van der Waals surface area contributed by atoms with E-state index in [1.165, 1.54) is 0 Å². The molecule has 1 aliphatic heterocycles. The van der Waals surface area contributed by atoms with Crippen molar-refractivity contribution in [3.63, 3.8) is 0 Å². The van der Waals surface area contributed by atoms with Crippen molar-refractivity contribution in [2.24, 2.45) is 0 Å². The number of fused-ring (bicyclic) bond motifs is 1. The largest absolute Gasteiger partial charge is 0.494 e. The summed E-state index contributed by atoms with van der Waals surface area (Å²) in [5, 5.41) is 16.5. The molecule has 0 bridgehead atoms. The van der Waals surface area contributed by atoms with Crippen LogP contribution in [0.3, 0.4) is 0 Å². The fourth-order valence-corrected chi connectivity index (χ4v) is 3.79. The topological polar surface area (TPSA) is 88.1 Å². The van der Waals surface area contributed by atoms with Gasteiger partial charge < -0.3 is 14.0 Å². The Morgan fingerprint density at radius 3 is 2.93 bits per heavy atom. The molecule has 8 nitrogen and oxygen atoms in total. The van der Waals surface area contributed by atoms with Crippen LogP contribution in [0.2, 0.25) is 0 Å². The summed E-state index contributed by atoms with van der Waals surface area (Å²) in [5.41, 5.74) is 3.40. The molecule has 4 aromatic rings. The Kier molecular flexibility index (Phi) is 4.38. The zero-order valence-electron chi connectivity index (χ0n) is 15.1. The highest BCUT2D eigenvalue weighted by Gasteiger charge is 2.28. The Hall–Kier alpha value is -3.04. The van der Waals surface area contributed by atoms with E-state index in [1.807, 2.05) is 52.7 Å². The van der Waals surface area contributed by atoms with Gasteiger partial charge in [-0.2, -0.15) is 16.3 Å². The SMILES string of the molecule is CCOc1ccc(C2Cn3nnc(-c4nc(-c5ccsc5)no4)c3CO2)cc1. The van der Waals surface area contributed by atoms with Crippen LogP contribution in [0.5, 0.6) is 5.75 Å². The van der Waals surface area contributed by atoms with E-state index in [-0.39, 0.29) is 6.10 Å². The summed E-state index contributed by atoms with van der Waals surface area (Å²) >= 11 is 1.58. The first-order valence-corrected chi connectivity index (χ1v) is 9.89. The lowest BCUT2D eigenvalue weighted by Crippen LogP contribution is -2.22. The number of hydrogen-bond acceptors (Lipinski definition) is 8. The van der Waals surface area contributed by atoms with Gasteiger partial charge in [0.2, 0.25) is 5.82 Å². The van der Waals surface area contributed by atoms with Gasteiger partial charge in [0.15, 0.2) is 5.69 Å². The van der Waals surface area contributed by atoms with E-state index in [0.717, 1.165) is 22.6 Å². The first-order valence-electron chi connectivity index (χ1n) is 8.95. The Morgan fingerprint density at radius 2 is 2.14 bits per heavy atom. The molecule has 5 rings (SSSR count). The first kappa shape index (κ1) is 17.1. The number of nitrogens with zero attached hydrogens (tertiary/aromatic N) is 5. The number of benzene rings is 1. The lowest BCUT2D eigenvalue weighted by Gasteiger charge is -2.24. The van der Waals surface area contributed by atoms with Gasteiger partial charge in [0.05, 0.1) is 25.5 Å². The van der Waals surface area contributed by atoms with Gasteiger partial charge in [-0.15, -0.1) is 5.10 Å². The predicted molar refractivity (Wildman–Crippen MR) is 102 cm³/mol. The van der Waals surface area contributed by atoms with Gasteiger partial charge in [-0.05, 0) is 36.1 Å². The molecule has 0 saturated carbocycles. The summed E-state index contributed by atoms with van der Waals surface area (Å²) < 4.78 is 18.8. The highest BCUT2D eigenvalue weighted by atomic mass is 32.1. The van der Waals surface area contributed by atoms with Crippen molar-refractivity contribution in [1.29, 1.82) is 0 Å². The van der Waals surface area contributed by atoms with Gasteiger partial charge in [0.1, 0.15) is 11.9 Å². The van der Waals surface area contributed by atoms with Crippen LogP contribution in [-0.2, 0) is 17.9 Å². The average molecular weight is 395 g/mol. The second kappa shape index (κ2) is 7.17. The molecule has 0 saturated heterocycles. The lowest BCUT2D eigenvalue weighted by molar-refractivity contribution is -0.00119. The summed E-state index contributed by atoms with van der Waals surface area (Å²) in [7, 11) is 0. The van der Waals surface area contributed by atoms with Gasteiger partial charge in [-0.3, -0.25) is 0 Å². The summed E-state index contributed by atoms with van der Waals surface area (Å²) in [4.78, 5) is 4.45. The maximum atomic E-state index is 6.06. The van der Waals surface area contributed by atoms with Crippen molar-refractivity contribution in [1.82, 2.24) is 25.1 Å². The van der Waals surface area contributed by atoms with Crippen LogP contribution in [0.1, 0.15) is 24.3 Å². The number of aromatic nitrogens is 5. The third-order valence-corrected chi connectivity index (χ3v) is 5.25. The Bertz CT molecular complexity index is 1070. The maximum absolute atomic E-state index is 6.06. The molecule has 0 radical (unpaired) electrons. The van der Waals surface area contributed by atoms with E-state index in [4.69, 9.17) is 14.0 Å². The molecule has 1 atom stereocenters. The van der Waals surface area contributed by atoms with Gasteiger partial charge in [-0.1, -0.05) is 22.5 Å². The van der Waals surface area contributed by atoms with Crippen molar-refractivity contribution in [2.75, 3.05) is 6.61 Å². The Morgan fingerprint density at radius 1 is 1.25 bits per heavy atom. The molecular formula is C19H17N5O3S. The van der Waals surface area contributed by atoms with Crippen molar-refractivity contribution in [2.45, 2.75) is 26.2 Å². The van der Waals surface area contributed by atoms with Gasteiger partial charge in [-0.25, -0.2) is 4.68 Å². The van der Waals surface area contributed by atoms with Crippen LogP contribution in [0, 0.1) is 0 Å². The normalized spacial score (nSPS) is 16.1. The van der Waals surface area contributed by atoms with E-state index in [1.54, 1.807) is 11.3 Å². The summed E-state index contributed by atoms with van der Waals surface area (Å²) in [6.07, 6.45) is -0.0956.